The molecule has 1 rings (SSSR count). The molecule has 0 aromatic heterocycles. The van der Waals surface area contributed by atoms with Crippen molar-refractivity contribution in [1.82, 2.24) is 0 Å². The van der Waals surface area contributed by atoms with Crippen LogP contribution in [0.2, 0.25) is 0 Å². The molecule has 76 valence electrons. The normalized spacial score (nSPS) is 20.5. The molecular weight excluding hydrogens is 160 g/mol. The summed E-state index contributed by atoms with van der Waals surface area (Å²) in [6.07, 6.45) is 8.51. The van der Waals surface area contributed by atoms with Crippen molar-refractivity contribution in [2.45, 2.75) is 58.8 Å². The number of rotatable bonds is 5. The first-order chi connectivity index (χ1) is 6.24. The molecular formula is C12H22O. The van der Waals surface area contributed by atoms with Gasteiger partial charge in [-0.05, 0) is 18.8 Å². The zero-order valence-electron chi connectivity index (χ0n) is 9.01. The molecule has 0 N–H and O–H groups in total. The number of hydrogen-bond donors (Lipinski definition) is 0. The first kappa shape index (κ1) is 10.7. The molecule has 0 aliphatic heterocycles. The van der Waals surface area contributed by atoms with Gasteiger partial charge in [-0.3, -0.25) is 4.79 Å². The van der Waals surface area contributed by atoms with Gasteiger partial charge >= 0.3 is 0 Å². The average Bonchev–Trinajstić information content (AvgIpc) is 2.65. The van der Waals surface area contributed by atoms with Gasteiger partial charge in [-0.25, -0.2) is 0 Å². The standard InChI is InChI=1S/C12H22O/c1-3-10(2)12(13)9-8-11-6-4-5-7-11/h10-11H,3-9H2,1-2H3. The van der Waals surface area contributed by atoms with E-state index >= 15 is 0 Å². The van der Waals surface area contributed by atoms with Crippen molar-refractivity contribution in [1.29, 1.82) is 0 Å². The third kappa shape index (κ3) is 3.50. The van der Waals surface area contributed by atoms with Gasteiger partial charge in [0.15, 0.2) is 0 Å². The largest absolute Gasteiger partial charge is 0.299 e. The Balaban J connectivity index is 2.13. The summed E-state index contributed by atoms with van der Waals surface area (Å²) in [6, 6.07) is 0. The van der Waals surface area contributed by atoms with E-state index in [0.717, 1.165) is 25.2 Å². The Morgan fingerprint density at radius 1 is 1.38 bits per heavy atom. The van der Waals surface area contributed by atoms with Gasteiger partial charge in [0, 0.05) is 12.3 Å². The van der Waals surface area contributed by atoms with Crippen LogP contribution in [0.5, 0.6) is 0 Å². The van der Waals surface area contributed by atoms with Gasteiger partial charge in [-0.1, -0.05) is 39.5 Å². The second-order valence-electron chi connectivity index (χ2n) is 4.46. The molecule has 1 saturated carbocycles. The molecule has 1 aliphatic carbocycles. The maximum atomic E-state index is 11.5. The van der Waals surface area contributed by atoms with Crippen molar-refractivity contribution in [3.05, 3.63) is 0 Å². The number of ketones is 1. The predicted octanol–water partition coefficient (Wildman–Crippen LogP) is 3.57. The fraction of sp³-hybridized carbons (Fsp3) is 0.917. The Morgan fingerprint density at radius 3 is 2.54 bits per heavy atom. The van der Waals surface area contributed by atoms with Crippen LogP contribution in [0.3, 0.4) is 0 Å². The summed E-state index contributed by atoms with van der Waals surface area (Å²) in [6.45, 7) is 4.15. The number of hydrogen-bond acceptors (Lipinski definition) is 1. The summed E-state index contributed by atoms with van der Waals surface area (Å²) in [5.74, 6) is 1.64. The summed E-state index contributed by atoms with van der Waals surface area (Å²) < 4.78 is 0. The van der Waals surface area contributed by atoms with Gasteiger partial charge in [0.1, 0.15) is 5.78 Å². The Bertz CT molecular complexity index is 157. The first-order valence-corrected chi connectivity index (χ1v) is 5.76. The molecule has 1 aliphatic rings. The monoisotopic (exact) mass is 182 g/mol. The molecule has 1 heteroatoms. The third-order valence-corrected chi connectivity index (χ3v) is 3.44. The Labute approximate surface area is 81.9 Å². The summed E-state index contributed by atoms with van der Waals surface area (Å²) in [5.41, 5.74) is 0. The van der Waals surface area contributed by atoms with Gasteiger partial charge in [0.2, 0.25) is 0 Å². The van der Waals surface area contributed by atoms with Crippen molar-refractivity contribution in [3.63, 3.8) is 0 Å². The Morgan fingerprint density at radius 2 is 2.00 bits per heavy atom. The van der Waals surface area contributed by atoms with Crippen LogP contribution in [0.4, 0.5) is 0 Å². The van der Waals surface area contributed by atoms with E-state index in [-0.39, 0.29) is 0 Å². The molecule has 1 unspecified atom stereocenters. The molecule has 0 spiro atoms. The summed E-state index contributed by atoms with van der Waals surface area (Å²) in [5, 5.41) is 0. The fourth-order valence-corrected chi connectivity index (χ4v) is 2.12. The highest BCUT2D eigenvalue weighted by atomic mass is 16.1. The zero-order chi connectivity index (χ0) is 9.68. The minimum absolute atomic E-state index is 0.293. The van der Waals surface area contributed by atoms with Crippen molar-refractivity contribution < 1.29 is 4.79 Å². The molecule has 0 bridgehead atoms. The van der Waals surface area contributed by atoms with Gasteiger partial charge < -0.3 is 0 Å². The van der Waals surface area contributed by atoms with E-state index < -0.39 is 0 Å². The molecule has 0 heterocycles. The second-order valence-corrected chi connectivity index (χ2v) is 4.46. The lowest BCUT2D eigenvalue weighted by Crippen LogP contribution is -2.11. The fourth-order valence-electron chi connectivity index (χ4n) is 2.12. The van der Waals surface area contributed by atoms with Crippen LogP contribution in [0.25, 0.3) is 0 Å². The lowest BCUT2D eigenvalue weighted by Gasteiger charge is -2.10. The topological polar surface area (TPSA) is 17.1 Å². The van der Waals surface area contributed by atoms with Crippen LogP contribution in [-0.2, 0) is 4.79 Å². The molecule has 0 aromatic rings. The maximum Gasteiger partial charge on any atom is 0.135 e. The van der Waals surface area contributed by atoms with Crippen LogP contribution in [0.1, 0.15) is 58.8 Å². The van der Waals surface area contributed by atoms with Crippen LogP contribution in [-0.4, -0.2) is 5.78 Å². The summed E-state index contributed by atoms with van der Waals surface area (Å²) in [4.78, 5) is 11.5. The third-order valence-electron chi connectivity index (χ3n) is 3.44. The molecule has 1 nitrogen and oxygen atoms in total. The minimum Gasteiger partial charge on any atom is -0.299 e. The van der Waals surface area contributed by atoms with E-state index in [1.165, 1.54) is 25.7 Å². The van der Waals surface area contributed by atoms with Crippen molar-refractivity contribution in [2.75, 3.05) is 0 Å². The lowest BCUT2D eigenvalue weighted by atomic mass is 9.94. The number of carbonyl (C=O) groups excluding carboxylic acids is 1. The molecule has 0 saturated heterocycles. The molecule has 13 heavy (non-hydrogen) atoms. The van der Waals surface area contributed by atoms with Crippen molar-refractivity contribution in [2.24, 2.45) is 11.8 Å². The van der Waals surface area contributed by atoms with Crippen LogP contribution < -0.4 is 0 Å². The van der Waals surface area contributed by atoms with Gasteiger partial charge in [-0.15, -0.1) is 0 Å². The zero-order valence-corrected chi connectivity index (χ0v) is 9.01. The molecule has 1 fully saturated rings. The molecule has 0 aromatic carbocycles. The highest BCUT2D eigenvalue weighted by Gasteiger charge is 2.17. The lowest BCUT2D eigenvalue weighted by molar-refractivity contribution is -0.122. The van der Waals surface area contributed by atoms with Gasteiger partial charge in [-0.2, -0.15) is 0 Å². The van der Waals surface area contributed by atoms with E-state index in [2.05, 4.69) is 13.8 Å². The second kappa shape index (κ2) is 5.41. The summed E-state index contributed by atoms with van der Waals surface area (Å²) in [7, 11) is 0. The van der Waals surface area contributed by atoms with Crippen LogP contribution in [0.15, 0.2) is 0 Å². The van der Waals surface area contributed by atoms with Crippen molar-refractivity contribution >= 4 is 5.78 Å². The molecule has 0 radical (unpaired) electrons. The van der Waals surface area contributed by atoms with Gasteiger partial charge in [0.25, 0.3) is 0 Å². The van der Waals surface area contributed by atoms with Crippen molar-refractivity contribution in [3.8, 4) is 0 Å². The number of Topliss-reactive ketones (excluding diaryl/α,β-unsaturated/α-hetero) is 1. The van der Waals surface area contributed by atoms with Crippen LogP contribution >= 0.6 is 0 Å². The summed E-state index contributed by atoms with van der Waals surface area (Å²) >= 11 is 0. The van der Waals surface area contributed by atoms with Gasteiger partial charge in [0.05, 0.1) is 0 Å². The highest BCUT2D eigenvalue weighted by Crippen LogP contribution is 2.29. The van der Waals surface area contributed by atoms with Crippen LogP contribution in [0, 0.1) is 11.8 Å². The Kier molecular flexibility index (Phi) is 4.47. The first-order valence-electron chi connectivity index (χ1n) is 5.76. The van der Waals surface area contributed by atoms with E-state index in [0.29, 0.717) is 11.7 Å². The number of carbonyl (C=O) groups is 1. The maximum absolute atomic E-state index is 11.5. The van der Waals surface area contributed by atoms with E-state index in [1.807, 2.05) is 0 Å². The van der Waals surface area contributed by atoms with E-state index in [4.69, 9.17) is 0 Å². The Hall–Kier alpha value is -0.330. The van der Waals surface area contributed by atoms with E-state index in [9.17, 15) is 4.79 Å². The average molecular weight is 182 g/mol. The highest BCUT2D eigenvalue weighted by molar-refractivity contribution is 5.80. The SMILES string of the molecule is CCC(C)C(=O)CCC1CCCC1. The smallest absolute Gasteiger partial charge is 0.135 e. The molecule has 0 amide bonds. The molecule has 1 atom stereocenters. The van der Waals surface area contributed by atoms with E-state index in [1.54, 1.807) is 0 Å². The predicted molar refractivity (Wildman–Crippen MR) is 55.7 cm³/mol. The quantitative estimate of drug-likeness (QED) is 0.635. The minimum atomic E-state index is 0.293.